The summed E-state index contributed by atoms with van der Waals surface area (Å²) in [5.41, 5.74) is -0.0704. The Labute approximate surface area is 171 Å². The number of ether oxygens (including phenoxy) is 2. The molecule has 1 aromatic rings. The molecule has 29 heavy (non-hydrogen) atoms. The van der Waals surface area contributed by atoms with Gasteiger partial charge in [0.05, 0.1) is 12.7 Å². The van der Waals surface area contributed by atoms with Crippen molar-refractivity contribution in [2.45, 2.75) is 58.5 Å². The van der Waals surface area contributed by atoms with Crippen molar-refractivity contribution in [1.29, 1.82) is 5.26 Å². The van der Waals surface area contributed by atoms with Crippen LogP contribution in [0.4, 0.5) is 9.18 Å². The number of hydrogen-bond acceptors (Lipinski definition) is 5. The second kappa shape index (κ2) is 8.81. The number of benzene rings is 1. The van der Waals surface area contributed by atoms with Crippen molar-refractivity contribution in [3.63, 3.8) is 0 Å². The molecule has 1 atom stereocenters. The zero-order valence-electron chi connectivity index (χ0n) is 17.8. The highest BCUT2D eigenvalue weighted by atomic mass is 19.1. The molecule has 0 saturated carbocycles. The zero-order chi connectivity index (χ0) is 21.8. The largest absolute Gasteiger partial charge is 0.465 e. The van der Waals surface area contributed by atoms with Gasteiger partial charge < -0.3 is 14.4 Å². The van der Waals surface area contributed by atoms with Crippen molar-refractivity contribution in [3.8, 4) is 6.07 Å². The normalized spacial score (nSPS) is 17.2. The van der Waals surface area contributed by atoms with Crippen molar-refractivity contribution in [2.24, 2.45) is 5.92 Å². The molecule has 6 nitrogen and oxygen atoms in total. The molecule has 0 bridgehead atoms. The predicted molar refractivity (Wildman–Crippen MR) is 106 cm³/mol. The molecule has 1 aliphatic heterocycles. The maximum absolute atomic E-state index is 13.7. The zero-order valence-corrected chi connectivity index (χ0v) is 17.8. The van der Waals surface area contributed by atoms with E-state index in [1.54, 1.807) is 45.6 Å². The first-order chi connectivity index (χ1) is 13.5. The average molecular weight is 404 g/mol. The van der Waals surface area contributed by atoms with Crippen LogP contribution in [0, 0.1) is 30.0 Å². The Kier molecular flexibility index (Phi) is 6.89. The van der Waals surface area contributed by atoms with Crippen LogP contribution < -0.4 is 0 Å². The van der Waals surface area contributed by atoms with Crippen LogP contribution in [0.25, 0.3) is 0 Å². The highest BCUT2D eigenvalue weighted by molar-refractivity contribution is 5.78. The number of carbonyl (C=O) groups excluding carboxylic acids is 2. The van der Waals surface area contributed by atoms with Gasteiger partial charge in [0.2, 0.25) is 0 Å². The number of rotatable bonds is 4. The van der Waals surface area contributed by atoms with E-state index in [1.807, 2.05) is 0 Å². The third kappa shape index (κ3) is 5.06. The Morgan fingerprint density at radius 3 is 2.41 bits per heavy atom. The number of amides is 1. The summed E-state index contributed by atoms with van der Waals surface area (Å²) >= 11 is 0. The Bertz CT molecular complexity index is 802. The lowest BCUT2D eigenvalue weighted by Gasteiger charge is -2.44. The fourth-order valence-corrected chi connectivity index (χ4v) is 3.94. The van der Waals surface area contributed by atoms with Gasteiger partial charge in [-0.1, -0.05) is 6.07 Å². The van der Waals surface area contributed by atoms with Gasteiger partial charge in [-0.15, -0.1) is 0 Å². The van der Waals surface area contributed by atoms with Crippen LogP contribution in [0.5, 0.6) is 0 Å². The Balaban J connectivity index is 2.39. The minimum absolute atomic E-state index is 0.166. The fourth-order valence-electron chi connectivity index (χ4n) is 3.94. The van der Waals surface area contributed by atoms with E-state index in [0.717, 1.165) is 5.56 Å². The molecule has 0 aromatic heterocycles. The number of nitrogens with zero attached hydrogens (tertiary/aromatic N) is 2. The van der Waals surface area contributed by atoms with E-state index in [4.69, 9.17) is 9.47 Å². The standard InChI is InChI=1S/C22H29FN2O4/c1-6-28-19(26)18(14-24)22(17-8-7-16(23)13-15(17)2)9-11-25(12-10-22)20(27)29-21(3,4)5/h7-8,13,18H,6,9-12H2,1-5H3. The van der Waals surface area contributed by atoms with Crippen LogP contribution in [0.1, 0.15) is 51.7 Å². The summed E-state index contributed by atoms with van der Waals surface area (Å²) in [6.45, 7) is 9.66. The van der Waals surface area contributed by atoms with E-state index >= 15 is 0 Å². The van der Waals surface area contributed by atoms with Crippen molar-refractivity contribution in [1.82, 2.24) is 4.90 Å². The predicted octanol–water partition coefficient (Wildman–Crippen LogP) is 4.11. The SMILES string of the molecule is CCOC(=O)C(C#N)C1(c2ccc(F)cc2C)CCN(C(=O)OC(C)(C)C)CC1. The number of piperidine rings is 1. The fraction of sp³-hybridized carbons (Fsp3) is 0.591. The van der Waals surface area contributed by atoms with Gasteiger partial charge in [-0.2, -0.15) is 5.26 Å². The van der Waals surface area contributed by atoms with E-state index in [-0.39, 0.29) is 12.4 Å². The Morgan fingerprint density at radius 2 is 1.93 bits per heavy atom. The Hall–Kier alpha value is -2.62. The number of aryl methyl sites for hydroxylation is 1. The molecule has 158 valence electrons. The number of esters is 1. The first-order valence-corrected chi connectivity index (χ1v) is 9.85. The maximum atomic E-state index is 13.7. The van der Waals surface area contributed by atoms with Gasteiger partial charge in [0.25, 0.3) is 0 Å². The lowest BCUT2D eigenvalue weighted by Crippen LogP contribution is -2.51. The van der Waals surface area contributed by atoms with Gasteiger partial charge in [-0.3, -0.25) is 4.79 Å². The van der Waals surface area contributed by atoms with Crippen LogP contribution in [0.15, 0.2) is 18.2 Å². The quantitative estimate of drug-likeness (QED) is 0.706. The summed E-state index contributed by atoms with van der Waals surface area (Å²) < 4.78 is 24.3. The number of nitriles is 1. The van der Waals surface area contributed by atoms with E-state index in [0.29, 0.717) is 31.5 Å². The van der Waals surface area contributed by atoms with Gasteiger partial charge in [0, 0.05) is 18.5 Å². The molecular weight excluding hydrogens is 375 g/mol. The van der Waals surface area contributed by atoms with Crippen molar-refractivity contribution in [2.75, 3.05) is 19.7 Å². The summed E-state index contributed by atoms with van der Waals surface area (Å²) in [6, 6.07) is 6.49. The van der Waals surface area contributed by atoms with Crippen LogP contribution >= 0.6 is 0 Å². The molecule has 1 aliphatic rings. The topological polar surface area (TPSA) is 79.6 Å². The molecule has 2 rings (SSSR count). The summed E-state index contributed by atoms with van der Waals surface area (Å²) in [4.78, 5) is 26.6. The van der Waals surface area contributed by atoms with Crippen molar-refractivity contribution in [3.05, 3.63) is 35.1 Å². The molecule has 0 aliphatic carbocycles. The highest BCUT2D eigenvalue weighted by Gasteiger charge is 2.49. The van der Waals surface area contributed by atoms with Gasteiger partial charge >= 0.3 is 12.1 Å². The molecule has 1 saturated heterocycles. The van der Waals surface area contributed by atoms with Crippen LogP contribution in [-0.4, -0.2) is 42.3 Å². The van der Waals surface area contributed by atoms with Crippen molar-refractivity contribution < 1.29 is 23.5 Å². The third-order valence-electron chi connectivity index (χ3n) is 5.24. The van der Waals surface area contributed by atoms with E-state index in [9.17, 15) is 19.2 Å². The number of likely N-dealkylation sites (tertiary alicyclic amines) is 1. The minimum atomic E-state index is -1.05. The molecule has 0 radical (unpaired) electrons. The highest BCUT2D eigenvalue weighted by Crippen LogP contribution is 2.44. The third-order valence-corrected chi connectivity index (χ3v) is 5.24. The van der Waals surface area contributed by atoms with E-state index < -0.39 is 29.0 Å². The van der Waals surface area contributed by atoms with Gasteiger partial charge in [-0.25, -0.2) is 9.18 Å². The molecule has 7 heteroatoms. The average Bonchev–Trinajstić information content (AvgIpc) is 2.61. The first-order valence-electron chi connectivity index (χ1n) is 9.85. The molecule has 1 amide bonds. The summed E-state index contributed by atoms with van der Waals surface area (Å²) in [6.07, 6.45) is 0.317. The summed E-state index contributed by atoms with van der Waals surface area (Å²) in [7, 11) is 0. The minimum Gasteiger partial charge on any atom is -0.465 e. The van der Waals surface area contributed by atoms with Crippen LogP contribution in [-0.2, 0) is 19.7 Å². The lowest BCUT2D eigenvalue weighted by atomic mass is 9.63. The second-order valence-corrected chi connectivity index (χ2v) is 8.40. The van der Waals surface area contributed by atoms with Crippen LogP contribution in [0.3, 0.4) is 0 Å². The van der Waals surface area contributed by atoms with Gasteiger partial charge in [0.15, 0.2) is 5.92 Å². The summed E-state index contributed by atoms with van der Waals surface area (Å²) in [5, 5.41) is 9.85. The number of carbonyl (C=O) groups is 2. The Morgan fingerprint density at radius 1 is 1.31 bits per heavy atom. The first kappa shape index (κ1) is 22.7. The monoisotopic (exact) mass is 404 g/mol. The molecular formula is C22H29FN2O4. The molecule has 1 fully saturated rings. The van der Waals surface area contributed by atoms with Crippen LogP contribution in [0.2, 0.25) is 0 Å². The molecule has 0 spiro atoms. The smallest absolute Gasteiger partial charge is 0.410 e. The van der Waals surface area contributed by atoms with E-state index in [1.165, 1.54) is 12.1 Å². The van der Waals surface area contributed by atoms with Gasteiger partial charge in [0.1, 0.15) is 11.4 Å². The van der Waals surface area contributed by atoms with Crippen molar-refractivity contribution >= 4 is 12.1 Å². The van der Waals surface area contributed by atoms with Gasteiger partial charge in [-0.05, 0) is 70.7 Å². The number of halogens is 1. The maximum Gasteiger partial charge on any atom is 0.410 e. The molecule has 0 N–H and O–H groups in total. The molecule has 1 aromatic carbocycles. The molecule has 1 unspecified atom stereocenters. The lowest BCUT2D eigenvalue weighted by molar-refractivity contribution is -0.149. The second-order valence-electron chi connectivity index (χ2n) is 8.40. The van der Waals surface area contributed by atoms with E-state index in [2.05, 4.69) is 6.07 Å². The molecule has 1 heterocycles. The number of hydrogen-bond donors (Lipinski definition) is 0. The summed E-state index contributed by atoms with van der Waals surface area (Å²) in [5.74, 6) is -2.02.